The number of carboxylic acid groups (broad SMARTS) is 1. The highest BCUT2D eigenvalue weighted by molar-refractivity contribution is 8.26. The third-order valence-electron chi connectivity index (χ3n) is 3.77. The zero-order chi connectivity index (χ0) is 22.5. The number of nitrogens with one attached hydrogen (secondary N) is 1. The van der Waals surface area contributed by atoms with Crippen LogP contribution in [0.4, 0.5) is 0 Å². The fourth-order valence-electron chi connectivity index (χ4n) is 2.26. The van der Waals surface area contributed by atoms with Gasteiger partial charge in [-0.05, 0) is 23.8 Å². The highest BCUT2D eigenvalue weighted by atomic mass is 35.6. The molecule has 0 saturated carbocycles. The maximum Gasteiger partial charge on any atom is 0.305 e. The van der Waals surface area contributed by atoms with Gasteiger partial charge in [0.2, 0.25) is 15.9 Å². The predicted molar refractivity (Wildman–Crippen MR) is 122 cm³/mol. The summed E-state index contributed by atoms with van der Waals surface area (Å²) >= 11 is 23.9. The monoisotopic (exact) mass is 510 g/mol. The number of carboxylic acids is 1. The summed E-state index contributed by atoms with van der Waals surface area (Å²) in [6, 6.07) is 6.55. The van der Waals surface area contributed by atoms with Gasteiger partial charge in [0.05, 0.1) is 11.3 Å². The molecule has 2 amide bonds. The first-order chi connectivity index (χ1) is 14.0. The molecule has 1 saturated heterocycles. The van der Waals surface area contributed by atoms with Crippen molar-refractivity contribution in [2.24, 2.45) is 0 Å². The first-order valence-electron chi connectivity index (χ1n) is 8.61. The SMILES string of the molecule is CCC(=O)N[C@@H](Oc1ccc(/C=C2\SC(=S)N(CCC(=O)O)C2=O)cc1)C(Cl)(Cl)Cl. The van der Waals surface area contributed by atoms with Crippen LogP contribution in [0.3, 0.4) is 0 Å². The normalized spacial score (nSPS) is 16.7. The van der Waals surface area contributed by atoms with E-state index in [1.165, 1.54) is 4.90 Å². The van der Waals surface area contributed by atoms with Crippen molar-refractivity contribution in [3.63, 3.8) is 0 Å². The van der Waals surface area contributed by atoms with Crippen molar-refractivity contribution in [3.8, 4) is 5.75 Å². The number of carbonyl (C=O) groups is 3. The summed E-state index contributed by atoms with van der Waals surface area (Å²) in [6.07, 6.45) is 0.454. The molecule has 2 rings (SSSR count). The molecule has 1 aliphatic rings. The number of nitrogens with zero attached hydrogens (tertiary/aromatic N) is 1. The summed E-state index contributed by atoms with van der Waals surface area (Å²) in [5.74, 6) is -1.35. The highest BCUT2D eigenvalue weighted by Crippen LogP contribution is 2.34. The predicted octanol–water partition coefficient (Wildman–Crippen LogP) is 3.96. The molecule has 1 aromatic carbocycles. The van der Waals surface area contributed by atoms with E-state index < -0.39 is 16.0 Å². The molecule has 0 spiro atoms. The molecule has 0 radical (unpaired) electrons. The molecule has 0 bridgehead atoms. The topological polar surface area (TPSA) is 95.9 Å². The minimum Gasteiger partial charge on any atom is -0.481 e. The van der Waals surface area contributed by atoms with Crippen LogP contribution in [0.5, 0.6) is 5.75 Å². The molecule has 0 unspecified atom stereocenters. The number of thiocarbonyl (C=S) groups is 1. The van der Waals surface area contributed by atoms with Crippen LogP contribution in [0.2, 0.25) is 0 Å². The molecule has 1 aromatic rings. The summed E-state index contributed by atoms with van der Waals surface area (Å²) in [5.41, 5.74) is 0.684. The van der Waals surface area contributed by atoms with E-state index in [4.69, 9.17) is 56.9 Å². The summed E-state index contributed by atoms with van der Waals surface area (Å²) < 4.78 is 4.01. The summed E-state index contributed by atoms with van der Waals surface area (Å²) in [6.45, 7) is 1.68. The molecule has 0 aliphatic carbocycles. The summed E-state index contributed by atoms with van der Waals surface area (Å²) in [7, 11) is 0. The first-order valence-corrected chi connectivity index (χ1v) is 11.0. The van der Waals surface area contributed by atoms with Crippen LogP contribution in [0.1, 0.15) is 25.3 Å². The van der Waals surface area contributed by atoms with E-state index >= 15 is 0 Å². The maximum atomic E-state index is 12.4. The van der Waals surface area contributed by atoms with E-state index in [0.29, 0.717) is 20.5 Å². The van der Waals surface area contributed by atoms with Gasteiger partial charge in [-0.15, -0.1) is 0 Å². The summed E-state index contributed by atoms with van der Waals surface area (Å²) in [4.78, 5) is 36.4. The molecule has 30 heavy (non-hydrogen) atoms. The van der Waals surface area contributed by atoms with Crippen molar-refractivity contribution in [2.45, 2.75) is 29.8 Å². The number of thioether (sulfide) groups is 1. The van der Waals surface area contributed by atoms with Gasteiger partial charge in [0, 0.05) is 13.0 Å². The van der Waals surface area contributed by atoms with Crippen LogP contribution < -0.4 is 10.1 Å². The Morgan fingerprint density at radius 1 is 1.33 bits per heavy atom. The fraction of sp³-hybridized carbons (Fsp3) is 0.333. The summed E-state index contributed by atoms with van der Waals surface area (Å²) in [5, 5.41) is 11.3. The number of rotatable bonds is 8. The van der Waals surface area contributed by atoms with Gasteiger partial charge in [0.1, 0.15) is 10.1 Å². The lowest BCUT2D eigenvalue weighted by molar-refractivity contribution is -0.137. The Labute approximate surface area is 197 Å². The molecule has 0 aromatic heterocycles. The van der Waals surface area contributed by atoms with Gasteiger partial charge in [0.15, 0.2) is 0 Å². The number of hydrogen-bond donors (Lipinski definition) is 2. The fourth-order valence-corrected chi connectivity index (χ4v) is 3.86. The Hall–Kier alpha value is -1.52. The second kappa shape index (κ2) is 10.7. The van der Waals surface area contributed by atoms with E-state index in [9.17, 15) is 14.4 Å². The average molecular weight is 512 g/mol. The van der Waals surface area contributed by atoms with Gasteiger partial charge in [0.25, 0.3) is 5.91 Å². The van der Waals surface area contributed by atoms with E-state index in [0.717, 1.165) is 11.8 Å². The number of carbonyl (C=O) groups excluding carboxylic acids is 2. The number of benzene rings is 1. The van der Waals surface area contributed by atoms with Crippen LogP contribution >= 0.6 is 58.8 Å². The maximum absolute atomic E-state index is 12.4. The Balaban J connectivity index is 2.10. The second-order valence-corrected chi connectivity index (χ2v) is 10.1. The number of alkyl halides is 3. The lowest BCUT2D eigenvalue weighted by Gasteiger charge is -2.26. The smallest absolute Gasteiger partial charge is 0.305 e. The third kappa shape index (κ3) is 7.02. The number of amides is 2. The molecule has 7 nitrogen and oxygen atoms in total. The zero-order valence-electron chi connectivity index (χ0n) is 15.6. The van der Waals surface area contributed by atoms with Gasteiger partial charge >= 0.3 is 5.97 Å². The van der Waals surface area contributed by atoms with Gasteiger partial charge in [-0.3, -0.25) is 19.3 Å². The minimum absolute atomic E-state index is 0.0199. The Kier molecular flexibility index (Phi) is 8.81. The van der Waals surface area contributed by atoms with E-state index in [1.807, 2.05) is 0 Å². The second-order valence-electron chi connectivity index (χ2n) is 6.01. The van der Waals surface area contributed by atoms with Gasteiger partial charge in [-0.1, -0.05) is 77.8 Å². The van der Waals surface area contributed by atoms with Gasteiger partial charge in [-0.2, -0.15) is 0 Å². The van der Waals surface area contributed by atoms with E-state index in [2.05, 4.69) is 5.32 Å². The minimum atomic E-state index is -1.88. The van der Waals surface area contributed by atoms with Crippen LogP contribution in [-0.2, 0) is 14.4 Å². The van der Waals surface area contributed by atoms with Crippen LogP contribution in [0, 0.1) is 0 Å². The van der Waals surface area contributed by atoms with Gasteiger partial charge < -0.3 is 15.2 Å². The van der Waals surface area contributed by atoms with E-state index in [1.54, 1.807) is 37.3 Å². The number of ether oxygens (including phenoxy) is 1. The molecular weight excluding hydrogens is 495 g/mol. The Morgan fingerprint density at radius 3 is 2.50 bits per heavy atom. The first kappa shape index (κ1) is 24.7. The van der Waals surface area contributed by atoms with Gasteiger partial charge in [-0.25, -0.2) is 0 Å². The molecular formula is C18H17Cl3N2O5S2. The zero-order valence-corrected chi connectivity index (χ0v) is 19.5. The Morgan fingerprint density at radius 2 is 1.97 bits per heavy atom. The van der Waals surface area contributed by atoms with E-state index in [-0.39, 0.29) is 31.2 Å². The van der Waals surface area contributed by atoms with Crippen LogP contribution in [0.25, 0.3) is 6.08 Å². The third-order valence-corrected chi connectivity index (χ3v) is 5.74. The molecule has 2 N–H and O–H groups in total. The molecule has 162 valence electrons. The number of hydrogen-bond acceptors (Lipinski definition) is 6. The molecule has 1 aliphatic heterocycles. The molecule has 1 heterocycles. The van der Waals surface area contributed by atoms with Crippen molar-refractivity contribution in [2.75, 3.05) is 6.54 Å². The van der Waals surface area contributed by atoms with Crippen molar-refractivity contribution in [3.05, 3.63) is 34.7 Å². The molecule has 12 heteroatoms. The van der Waals surface area contributed by atoms with Crippen LogP contribution in [-0.4, -0.2) is 48.7 Å². The Bertz CT molecular complexity index is 872. The average Bonchev–Trinajstić information content (AvgIpc) is 2.93. The largest absolute Gasteiger partial charge is 0.481 e. The highest BCUT2D eigenvalue weighted by Gasteiger charge is 2.36. The standard InChI is InChI=1S/C18H17Cl3N2O5S2/c1-2-13(24)22-16(18(19,20)21)28-11-5-3-10(4-6-11)9-12-15(27)23(17(29)30-12)8-7-14(25)26/h3-6,9,16H,2,7-8H2,1H3,(H,22,24)(H,25,26)/b12-9-/t16-/m0/s1. The number of halogens is 3. The number of aliphatic carboxylic acids is 1. The van der Waals surface area contributed by atoms with Crippen LogP contribution in [0.15, 0.2) is 29.2 Å². The van der Waals surface area contributed by atoms with Crippen molar-refractivity contribution >= 4 is 87.0 Å². The van der Waals surface area contributed by atoms with Crippen molar-refractivity contribution in [1.82, 2.24) is 10.2 Å². The lowest BCUT2D eigenvalue weighted by atomic mass is 10.2. The lowest BCUT2D eigenvalue weighted by Crippen LogP contribution is -2.47. The molecule has 1 fully saturated rings. The molecule has 1 atom stereocenters. The van der Waals surface area contributed by atoms with Crippen molar-refractivity contribution < 1.29 is 24.2 Å². The quantitative estimate of drug-likeness (QED) is 0.236. The van der Waals surface area contributed by atoms with Crippen molar-refractivity contribution in [1.29, 1.82) is 0 Å².